The van der Waals surface area contributed by atoms with Gasteiger partial charge in [-0.25, -0.2) is 9.13 Å². The van der Waals surface area contributed by atoms with Crippen molar-refractivity contribution in [3.63, 3.8) is 0 Å². The van der Waals surface area contributed by atoms with Gasteiger partial charge in [-0.3, -0.25) is 9.59 Å². The lowest BCUT2D eigenvalue weighted by Crippen LogP contribution is -2.38. The maximum atomic E-state index is 12.2. The zero-order chi connectivity index (χ0) is 21.0. The number of hydrogen-bond donors (Lipinski definition) is 6. The van der Waals surface area contributed by atoms with Crippen LogP contribution in [0.1, 0.15) is 0 Å². The lowest BCUT2D eigenvalue weighted by Gasteiger charge is -2.09. The lowest BCUT2D eigenvalue weighted by atomic mass is 10.2. The molecule has 1 heterocycles. The first-order chi connectivity index (χ1) is 13.8. The minimum Gasteiger partial charge on any atom is -0.506 e. The molecular weight excluding hydrogens is 376 g/mol. The molecule has 0 aliphatic heterocycles. The Bertz CT molecular complexity index is 940. The molecule has 10 nitrogen and oxygen atoms in total. The number of amides is 2. The maximum Gasteiger partial charge on any atom is 0.266 e. The number of imidazole rings is 1. The number of carbonyl (C=O) groups excluding carboxylic acids is 2. The summed E-state index contributed by atoms with van der Waals surface area (Å²) in [4.78, 5) is 24.4. The fourth-order valence-electron chi connectivity index (χ4n) is 2.70. The van der Waals surface area contributed by atoms with Gasteiger partial charge in [0.05, 0.1) is 11.4 Å². The van der Waals surface area contributed by atoms with Crippen LogP contribution in [0.3, 0.4) is 0 Å². The molecule has 150 valence electrons. The normalized spacial score (nSPS) is 10.5. The minimum atomic E-state index is -0.396. The Labute approximate surface area is 166 Å². The van der Waals surface area contributed by atoms with Crippen LogP contribution in [0.5, 0.6) is 11.5 Å². The number of nitrogens with two attached hydrogens (primary N) is 2. The number of hydrogen-bond acceptors (Lipinski definition) is 6. The summed E-state index contributed by atoms with van der Waals surface area (Å²) < 4.78 is 3.13. The third-order valence-electron chi connectivity index (χ3n) is 4.08. The number of carbonyl (C=O) groups is 2. The molecule has 8 N–H and O–H groups in total. The Balaban J connectivity index is 1.59. The van der Waals surface area contributed by atoms with Crippen molar-refractivity contribution in [1.29, 1.82) is 0 Å². The Morgan fingerprint density at radius 1 is 0.931 bits per heavy atom. The van der Waals surface area contributed by atoms with Crippen LogP contribution >= 0.6 is 0 Å². The van der Waals surface area contributed by atoms with Gasteiger partial charge in [-0.2, -0.15) is 0 Å². The van der Waals surface area contributed by atoms with Crippen LogP contribution in [0.2, 0.25) is 0 Å². The summed E-state index contributed by atoms with van der Waals surface area (Å²) in [5.74, 6) is -1.04. The number of rotatable bonds is 6. The molecular formula is C19H21N6O4+. The zero-order valence-corrected chi connectivity index (χ0v) is 15.4. The van der Waals surface area contributed by atoms with E-state index in [9.17, 15) is 19.8 Å². The molecule has 0 atom stereocenters. The van der Waals surface area contributed by atoms with Crippen molar-refractivity contribution < 1.29 is 24.4 Å². The van der Waals surface area contributed by atoms with Crippen LogP contribution in [0.4, 0.5) is 22.7 Å². The van der Waals surface area contributed by atoms with Crippen molar-refractivity contribution in [3.05, 3.63) is 55.1 Å². The van der Waals surface area contributed by atoms with Gasteiger partial charge >= 0.3 is 0 Å². The van der Waals surface area contributed by atoms with Crippen molar-refractivity contribution in [3.8, 4) is 11.5 Å². The van der Waals surface area contributed by atoms with Crippen LogP contribution in [0.15, 0.2) is 55.1 Å². The molecule has 3 rings (SSSR count). The molecule has 0 radical (unpaired) electrons. The number of phenols is 2. The van der Waals surface area contributed by atoms with Gasteiger partial charge in [-0.1, -0.05) is 12.1 Å². The molecule has 0 unspecified atom stereocenters. The van der Waals surface area contributed by atoms with Gasteiger partial charge in [0.2, 0.25) is 6.33 Å². The van der Waals surface area contributed by atoms with Crippen LogP contribution in [0.25, 0.3) is 0 Å². The SMILES string of the molecule is Nc1cccc(O)c1NC(=O)Cn1cc[n+](CC(=O)Nc2c(N)cccc2O)c1. The summed E-state index contributed by atoms with van der Waals surface area (Å²) in [7, 11) is 0. The highest BCUT2D eigenvalue weighted by Gasteiger charge is 2.16. The maximum absolute atomic E-state index is 12.2. The average Bonchev–Trinajstić information content (AvgIpc) is 3.08. The second-order valence-electron chi connectivity index (χ2n) is 6.34. The number of benzene rings is 2. The van der Waals surface area contributed by atoms with E-state index in [-0.39, 0.29) is 47.3 Å². The van der Waals surface area contributed by atoms with Gasteiger partial charge in [-0.05, 0) is 24.3 Å². The van der Waals surface area contributed by atoms with Gasteiger partial charge in [0.1, 0.15) is 35.3 Å². The highest BCUT2D eigenvalue weighted by atomic mass is 16.3. The Kier molecular flexibility index (Phi) is 5.54. The van der Waals surface area contributed by atoms with E-state index in [1.165, 1.54) is 12.1 Å². The zero-order valence-electron chi connectivity index (χ0n) is 15.4. The van der Waals surface area contributed by atoms with Crippen molar-refractivity contribution >= 4 is 34.6 Å². The van der Waals surface area contributed by atoms with E-state index < -0.39 is 11.8 Å². The van der Waals surface area contributed by atoms with Crippen molar-refractivity contribution in [2.45, 2.75) is 13.1 Å². The molecule has 1 aromatic heterocycles. The Morgan fingerprint density at radius 3 is 2.03 bits per heavy atom. The van der Waals surface area contributed by atoms with E-state index in [2.05, 4.69) is 10.6 Å². The summed E-state index contributed by atoms with van der Waals surface area (Å²) in [5, 5.41) is 24.7. The number of para-hydroxylation sites is 2. The molecule has 0 saturated heterocycles. The summed E-state index contributed by atoms with van der Waals surface area (Å²) in [5.41, 5.74) is 12.3. The molecule has 0 aliphatic rings. The largest absolute Gasteiger partial charge is 0.506 e. The second kappa shape index (κ2) is 8.21. The smallest absolute Gasteiger partial charge is 0.266 e. The first-order valence-corrected chi connectivity index (χ1v) is 8.63. The Hall–Kier alpha value is -4.21. The quantitative estimate of drug-likeness (QED) is 0.203. The number of nitrogens with zero attached hydrogens (tertiary/aromatic N) is 2. The van der Waals surface area contributed by atoms with Crippen LogP contribution in [-0.2, 0) is 22.7 Å². The van der Waals surface area contributed by atoms with Gasteiger partial charge in [0.25, 0.3) is 11.8 Å². The summed E-state index contributed by atoms with van der Waals surface area (Å²) in [6.07, 6.45) is 4.81. The van der Waals surface area contributed by atoms with Gasteiger partial charge < -0.3 is 32.3 Å². The molecule has 10 heteroatoms. The van der Waals surface area contributed by atoms with E-state index in [1.807, 2.05) is 0 Å². The predicted octanol–water partition coefficient (Wildman–Crippen LogP) is 0.629. The number of nitrogens with one attached hydrogen (secondary N) is 2. The molecule has 0 fully saturated rings. The number of phenolic OH excluding ortho intramolecular Hbond substituents is 2. The van der Waals surface area contributed by atoms with E-state index in [1.54, 1.807) is 52.1 Å². The number of anilines is 4. The molecule has 3 aromatic rings. The third-order valence-corrected chi connectivity index (χ3v) is 4.08. The topological polar surface area (TPSA) is 160 Å². The molecule has 0 spiro atoms. The third kappa shape index (κ3) is 4.75. The lowest BCUT2D eigenvalue weighted by molar-refractivity contribution is -0.683. The first kappa shape index (κ1) is 19.5. The summed E-state index contributed by atoms with van der Waals surface area (Å²) in [6.45, 7) is -0.0936. The average molecular weight is 397 g/mol. The highest BCUT2D eigenvalue weighted by Crippen LogP contribution is 2.29. The Morgan fingerprint density at radius 2 is 1.48 bits per heavy atom. The van der Waals surface area contributed by atoms with Crippen LogP contribution in [-0.4, -0.2) is 26.6 Å². The predicted molar refractivity (Wildman–Crippen MR) is 107 cm³/mol. The number of nitrogen functional groups attached to an aromatic ring is 2. The first-order valence-electron chi connectivity index (χ1n) is 8.63. The minimum absolute atomic E-state index is 0.0468. The molecule has 0 aliphatic carbocycles. The number of aromatic nitrogens is 2. The summed E-state index contributed by atoms with van der Waals surface area (Å²) >= 11 is 0. The molecule has 2 amide bonds. The van der Waals surface area contributed by atoms with Crippen molar-refractivity contribution in [2.24, 2.45) is 0 Å². The van der Waals surface area contributed by atoms with E-state index in [4.69, 9.17) is 11.5 Å². The highest BCUT2D eigenvalue weighted by molar-refractivity contribution is 5.96. The fraction of sp³-hybridized carbons (Fsp3) is 0.105. The molecule has 0 bridgehead atoms. The standard InChI is InChI=1S/C19H20N6O4/c20-12-3-1-5-14(26)18(12)22-16(28)9-24-7-8-25(11-24)10-17(29)23-19-13(21)4-2-6-15(19)27/h1-8,11H,9-10,20-21H2,(H3-,22,23,26,27,28,29)/p+1. The van der Waals surface area contributed by atoms with Gasteiger partial charge in [0.15, 0.2) is 13.1 Å². The van der Waals surface area contributed by atoms with Gasteiger partial charge in [0, 0.05) is 0 Å². The van der Waals surface area contributed by atoms with Crippen LogP contribution in [0, 0.1) is 0 Å². The summed E-state index contributed by atoms with van der Waals surface area (Å²) in [6, 6.07) is 9.12. The molecule has 29 heavy (non-hydrogen) atoms. The number of aromatic hydroxyl groups is 2. The van der Waals surface area contributed by atoms with E-state index in [0.29, 0.717) is 0 Å². The van der Waals surface area contributed by atoms with E-state index >= 15 is 0 Å². The van der Waals surface area contributed by atoms with Crippen molar-refractivity contribution in [2.75, 3.05) is 22.1 Å². The van der Waals surface area contributed by atoms with Crippen LogP contribution < -0.4 is 26.7 Å². The monoisotopic (exact) mass is 397 g/mol. The van der Waals surface area contributed by atoms with Crippen molar-refractivity contribution in [1.82, 2.24) is 4.57 Å². The molecule has 2 aromatic carbocycles. The second-order valence-corrected chi connectivity index (χ2v) is 6.34. The van der Waals surface area contributed by atoms with E-state index in [0.717, 1.165) is 0 Å². The fourth-order valence-corrected chi connectivity index (χ4v) is 2.70. The van der Waals surface area contributed by atoms with Gasteiger partial charge in [-0.15, -0.1) is 0 Å². The molecule has 0 saturated carbocycles.